The van der Waals surface area contributed by atoms with E-state index in [0.717, 1.165) is 17.7 Å². The van der Waals surface area contributed by atoms with Crippen LogP contribution in [0.5, 0.6) is 0 Å². The molecule has 3 aliphatic heterocycles. The van der Waals surface area contributed by atoms with Gasteiger partial charge in [-0.2, -0.15) is 0 Å². The Morgan fingerprint density at radius 1 is 1.19 bits per heavy atom. The van der Waals surface area contributed by atoms with E-state index >= 15 is 0 Å². The van der Waals surface area contributed by atoms with Gasteiger partial charge >= 0.3 is 0 Å². The summed E-state index contributed by atoms with van der Waals surface area (Å²) in [6.45, 7) is 5.54. The molecule has 0 bridgehead atoms. The Hall–Kier alpha value is -1.88. The van der Waals surface area contributed by atoms with Gasteiger partial charge in [0.25, 0.3) is 5.91 Å². The van der Waals surface area contributed by atoms with E-state index in [0.29, 0.717) is 18.5 Å². The quantitative estimate of drug-likeness (QED) is 0.902. The van der Waals surface area contributed by atoms with Crippen LogP contribution in [0.15, 0.2) is 24.3 Å². The van der Waals surface area contributed by atoms with Crippen LogP contribution in [0.1, 0.15) is 54.9 Å². The molecular weight excluding hydrogens is 326 g/mol. The van der Waals surface area contributed by atoms with Gasteiger partial charge in [-0.15, -0.1) is 0 Å². The summed E-state index contributed by atoms with van der Waals surface area (Å²) >= 11 is 0. The first-order valence-corrected chi connectivity index (χ1v) is 10.1. The smallest absolute Gasteiger partial charge is 0.255 e. The molecule has 140 valence electrons. The molecule has 5 nitrogen and oxygen atoms in total. The van der Waals surface area contributed by atoms with Crippen molar-refractivity contribution < 1.29 is 9.59 Å². The molecule has 0 saturated carbocycles. The minimum Gasteiger partial charge on any atom is -0.354 e. The van der Waals surface area contributed by atoms with Crippen LogP contribution < -0.4 is 5.32 Å². The first kappa shape index (κ1) is 17.5. The SMILES string of the molecule is C[C@@H](C(=O)NC[C@@H]1CCCN2CCCC[C@H]12)N1Cc2ccccc2C1=O. The van der Waals surface area contributed by atoms with E-state index in [1.54, 1.807) is 4.90 Å². The van der Waals surface area contributed by atoms with Crippen molar-refractivity contribution in [3.05, 3.63) is 35.4 Å². The highest BCUT2D eigenvalue weighted by Gasteiger charge is 2.35. The van der Waals surface area contributed by atoms with Gasteiger partial charge in [-0.25, -0.2) is 0 Å². The third kappa shape index (κ3) is 3.25. The molecule has 3 heterocycles. The zero-order valence-electron chi connectivity index (χ0n) is 15.6. The molecule has 2 fully saturated rings. The summed E-state index contributed by atoms with van der Waals surface area (Å²) in [6.07, 6.45) is 6.30. The van der Waals surface area contributed by atoms with Crippen molar-refractivity contribution in [2.24, 2.45) is 5.92 Å². The zero-order valence-corrected chi connectivity index (χ0v) is 15.6. The van der Waals surface area contributed by atoms with Crippen molar-refractivity contribution in [1.82, 2.24) is 15.1 Å². The van der Waals surface area contributed by atoms with Gasteiger partial charge in [0.05, 0.1) is 0 Å². The number of fused-ring (bicyclic) bond motifs is 2. The van der Waals surface area contributed by atoms with Gasteiger partial charge in [0.15, 0.2) is 0 Å². The normalized spacial score (nSPS) is 27.0. The molecule has 3 atom stereocenters. The summed E-state index contributed by atoms with van der Waals surface area (Å²) in [5.41, 5.74) is 1.75. The van der Waals surface area contributed by atoms with Crippen molar-refractivity contribution in [3.63, 3.8) is 0 Å². The van der Waals surface area contributed by atoms with Crippen molar-refractivity contribution in [2.45, 2.75) is 57.7 Å². The molecule has 0 unspecified atom stereocenters. The van der Waals surface area contributed by atoms with E-state index in [4.69, 9.17) is 0 Å². The molecule has 3 aliphatic rings. The van der Waals surface area contributed by atoms with Gasteiger partial charge in [-0.05, 0) is 63.2 Å². The number of nitrogens with one attached hydrogen (secondary N) is 1. The fourth-order valence-corrected chi connectivity index (χ4v) is 4.93. The molecule has 0 radical (unpaired) electrons. The predicted octanol–water partition coefficient (Wildman–Crippen LogP) is 2.41. The lowest BCUT2D eigenvalue weighted by Gasteiger charge is -2.44. The minimum atomic E-state index is -0.430. The van der Waals surface area contributed by atoms with E-state index in [2.05, 4.69) is 10.2 Å². The summed E-state index contributed by atoms with van der Waals surface area (Å²) in [5, 5.41) is 3.15. The Kier molecular flexibility index (Phi) is 4.98. The number of piperidine rings is 2. The number of hydrogen-bond donors (Lipinski definition) is 1. The van der Waals surface area contributed by atoms with E-state index in [1.165, 1.54) is 45.2 Å². The highest BCUT2D eigenvalue weighted by atomic mass is 16.2. The average molecular weight is 355 g/mol. The Morgan fingerprint density at radius 2 is 2.00 bits per heavy atom. The molecule has 1 aromatic rings. The van der Waals surface area contributed by atoms with Gasteiger partial charge in [0, 0.05) is 24.7 Å². The van der Waals surface area contributed by atoms with Crippen LogP contribution in [0.25, 0.3) is 0 Å². The highest BCUT2D eigenvalue weighted by Crippen LogP contribution is 2.30. The first-order chi connectivity index (χ1) is 12.6. The number of nitrogens with zero attached hydrogens (tertiary/aromatic N) is 2. The Labute approximate surface area is 155 Å². The molecule has 5 heteroatoms. The first-order valence-electron chi connectivity index (χ1n) is 10.1. The largest absolute Gasteiger partial charge is 0.354 e. The van der Waals surface area contributed by atoms with Gasteiger partial charge < -0.3 is 15.1 Å². The van der Waals surface area contributed by atoms with Crippen molar-refractivity contribution in [3.8, 4) is 0 Å². The number of amides is 2. The summed E-state index contributed by atoms with van der Waals surface area (Å²) in [4.78, 5) is 29.6. The van der Waals surface area contributed by atoms with Crippen LogP contribution in [0.3, 0.4) is 0 Å². The fraction of sp³-hybridized carbons (Fsp3) is 0.619. The number of carbonyl (C=O) groups excluding carboxylic acids is 2. The Balaban J connectivity index is 1.34. The van der Waals surface area contributed by atoms with Crippen molar-refractivity contribution >= 4 is 11.8 Å². The molecule has 0 spiro atoms. The van der Waals surface area contributed by atoms with E-state index in [-0.39, 0.29) is 11.8 Å². The molecule has 26 heavy (non-hydrogen) atoms. The van der Waals surface area contributed by atoms with Crippen molar-refractivity contribution in [2.75, 3.05) is 19.6 Å². The van der Waals surface area contributed by atoms with Gasteiger partial charge in [0.1, 0.15) is 6.04 Å². The maximum atomic E-state index is 12.7. The third-order valence-electron chi connectivity index (χ3n) is 6.46. The van der Waals surface area contributed by atoms with E-state index in [9.17, 15) is 9.59 Å². The van der Waals surface area contributed by atoms with Crippen LogP contribution in [0.4, 0.5) is 0 Å². The second-order valence-electron chi connectivity index (χ2n) is 8.01. The van der Waals surface area contributed by atoms with Gasteiger partial charge in [0.2, 0.25) is 5.91 Å². The number of hydrogen-bond acceptors (Lipinski definition) is 3. The molecular formula is C21H29N3O2. The summed E-state index contributed by atoms with van der Waals surface area (Å²) in [6, 6.07) is 7.84. The lowest BCUT2D eigenvalue weighted by molar-refractivity contribution is -0.125. The van der Waals surface area contributed by atoms with Crippen LogP contribution in [0, 0.1) is 5.92 Å². The van der Waals surface area contributed by atoms with Crippen LogP contribution in [0.2, 0.25) is 0 Å². The third-order valence-corrected chi connectivity index (χ3v) is 6.46. The zero-order chi connectivity index (χ0) is 18.1. The average Bonchev–Trinajstić information content (AvgIpc) is 3.02. The molecule has 2 saturated heterocycles. The topological polar surface area (TPSA) is 52.7 Å². The van der Waals surface area contributed by atoms with Crippen molar-refractivity contribution in [1.29, 1.82) is 0 Å². The monoisotopic (exact) mass is 355 g/mol. The maximum Gasteiger partial charge on any atom is 0.255 e. The summed E-state index contributed by atoms with van der Waals surface area (Å²) < 4.78 is 0. The standard InChI is InChI=1S/C21H29N3O2/c1-15(24-14-17-7-2-3-9-18(17)21(24)26)20(25)22-13-16-8-6-12-23-11-5-4-10-19(16)23/h2-3,7,9,15-16,19H,4-6,8,10-14H2,1H3,(H,22,25)/t15-,16-,19+/m0/s1. The molecule has 1 aromatic carbocycles. The summed E-state index contributed by atoms with van der Waals surface area (Å²) in [7, 11) is 0. The molecule has 2 amide bonds. The van der Waals surface area contributed by atoms with Crippen LogP contribution in [-0.4, -0.2) is 53.3 Å². The van der Waals surface area contributed by atoms with Gasteiger partial charge in [-0.3, -0.25) is 9.59 Å². The second kappa shape index (κ2) is 7.39. The van der Waals surface area contributed by atoms with Gasteiger partial charge in [-0.1, -0.05) is 24.6 Å². The van der Waals surface area contributed by atoms with E-state index < -0.39 is 6.04 Å². The van der Waals surface area contributed by atoms with E-state index in [1.807, 2.05) is 31.2 Å². The van der Waals surface area contributed by atoms with Crippen LogP contribution in [-0.2, 0) is 11.3 Å². The number of rotatable bonds is 4. The Bertz CT molecular complexity index is 688. The minimum absolute atomic E-state index is 0.0284. The van der Waals surface area contributed by atoms with Crippen LogP contribution >= 0.6 is 0 Å². The summed E-state index contributed by atoms with van der Waals surface area (Å²) in [5.74, 6) is 0.491. The lowest BCUT2D eigenvalue weighted by Crippen LogP contribution is -2.52. The lowest BCUT2D eigenvalue weighted by atomic mass is 9.83. The highest BCUT2D eigenvalue weighted by molar-refractivity contribution is 6.01. The molecule has 0 aliphatic carbocycles. The molecule has 0 aromatic heterocycles. The fourth-order valence-electron chi connectivity index (χ4n) is 4.93. The molecule has 4 rings (SSSR count). The maximum absolute atomic E-state index is 12.7. The number of carbonyl (C=O) groups is 2. The predicted molar refractivity (Wildman–Crippen MR) is 101 cm³/mol. The number of benzene rings is 1. The second-order valence-corrected chi connectivity index (χ2v) is 8.01. The Morgan fingerprint density at radius 3 is 2.85 bits per heavy atom. The molecule has 1 N–H and O–H groups in total.